The number of nitrogens with two attached hydrogens (primary N) is 3. The third-order valence-electron chi connectivity index (χ3n) is 2.09. The van der Waals surface area contributed by atoms with Crippen molar-refractivity contribution >= 4 is 28.6 Å². The highest BCUT2D eigenvalue weighted by atomic mass is 16.4. The van der Waals surface area contributed by atoms with Crippen molar-refractivity contribution in [3.63, 3.8) is 0 Å². The quantitative estimate of drug-likeness (QED) is 0.370. The largest absolute Gasteiger partial charge is 0.423 e. The lowest BCUT2D eigenvalue weighted by molar-refractivity contribution is 0.561. The fourth-order valence-corrected chi connectivity index (χ4v) is 1.42. The SMILES string of the molecule is NC(N)=NC(N)=Nc1ccc2oc(=O)ccc2c1. The number of hydrogen-bond acceptors (Lipinski definition) is 3. The van der Waals surface area contributed by atoms with E-state index >= 15 is 0 Å². The Morgan fingerprint density at radius 2 is 1.89 bits per heavy atom. The zero-order valence-electron chi connectivity index (χ0n) is 9.33. The van der Waals surface area contributed by atoms with E-state index in [2.05, 4.69) is 9.98 Å². The lowest BCUT2D eigenvalue weighted by atomic mass is 10.2. The second-order valence-electron chi connectivity index (χ2n) is 3.48. The highest BCUT2D eigenvalue weighted by Crippen LogP contribution is 2.19. The molecule has 0 fully saturated rings. The molecule has 0 saturated heterocycles. The number of fused-ring (bicyclic) bond motifs is 1. The average Bonchev–Trinajstić information content (AvgIpc) is 2.28. The van der Waals surface area contributed by atoms with Gasteiger partial charge in [0.25, 0.3) is 0 Å². The monoisotopic (exact) mass is 245 g/mol. The van der Waals surface area contributed by atoms with E-state index in [0.717, 1.165) is 5.39 Å². The van der Waals surface area contributed by atoms with Crippen LogP contribution in [-0.2, 0) is 0 Å². The molecule has 0 radical (unpaired) electrons. The number of guanidine groups is 2. The van der Waals surface area contributed by atoms with E-state index in [1.807, 2.05) is 0 Å². The van der Waals surface area contributed by atoms with Crippen LogP contribution in [0.2, 0.25) is 0 Å². The minimum Gasteiger partial charge on any atom is -0.423 e. The normalized spacial score (nSPS) is 11.4. The van der Waals surface area contributed by atoms with Crippen LogP contribution in [-0.4, -0.2) is 11.9 Å². The number of hydrogen-bond donors (Lipinski definition) is 3. The first-order chi connectivity index (χ1) is 8.54. The van der Waals surface area contributed by atoms with Crippen LogP contribution in [0.5, 0.6) is 0 Å². The smallest absolute Gasteiger partial charge is 0.336 e. The maximum absolute atomic E-state index is 11.0. The summed E-state index contributed by atoms with van der Waals surface area (Å²) in [5.41, 5.74) is 16.5. The Labute approximate surface area is 102 Å². The minimum absolute atomic E-state index is 0.0493. The molecule has 7 nitrogen and oxygen atoms in total. The Kier molecular flexibility index (Phi) is 2.96. The Hall–Kier alpha value is -2.83. The van der Waals surface area contributed by atoms with Gasteiger partial charge in [-0.05, 0) is 24.3 Å². The van der Waals surface area contributed by atoms with Gasteiger partial charge in [-0.2, -0.15) is 4.99 Å². The van der Waals surface area contributed by atoms with Crippen molar-refractivity contribution in [1.82, 2.24) is 0 Å². The van der Waals surface area contributed by atoms with Crippen molar-refractivity contribution in [3.8, 4) is 0 Å². The maximum Gasteiger partial charge on any atom is 0.336 e. The lowest BCUT2D eigenvalue weighted by Gasteiger charge is -1.98. The molecule has 18 heavy (non-hydrogen) atoms. The predicted molar refractivity (Wildman–Crippen MR) is 69.6 cm³/mol. The van der Waals surface area contributed by atoms with Crippen LogP contribution in [0.4, 0.5) is 5.69 Å². The zero-order valence-corrected chi connectivity index (χ0v) is 9.33. The summed E-state index contributed by atoms with van der Waals surface area (Å²) in [5, 5.41) is 0.730. The first-order valence-corrected chi connectivity index (χ1v) is 5.02. The summed E-state index contributed by atoms with van der Waals surface area (Å²) in [7, 11) is 0. The van der Waals surface area contributed by atoms with Gasteiger partial charge in [-0.15, -0.1) is 0 Å². The van der Waals surface area contributed by atoms with Crippen LogP contribution >= 0.6 is 0 Å². The molecule has 0 aliphatic heterocycles. The first-order valence-electron chi connectivity index (χ1n) is 5.02. The first kappa shape index (κ1) is 11.6. The molecule has 7 heteroatoms. The Bertz CT molecular complexity index is 698. The van der Waals surface area contributed by atoms with Crippen molar-refractivity contribution in [2.45, 2.75) is 0 Å². The third kappa shape index (κ3) is 2.64. The van der Waals surface area contributed by atoms with E-state index in [0.29, 0.717) is 11.3 Å². The molecule has 2 rings (SSSR count). The summed E-state index contributed by atoms with van der Waals surface area (Å²) < 4.78 is 4.98. The van der Waals surface area contributed by atoms with Crippen LogP contribution in [0.15, 0.2) is 49.5 Å². The summed E-state index contributed by atoms with van der Waals surface area (Å²) in [6.45, 7) is 0. The second-order valence-corrected chi connectivity index (χ2v) is 3.48. The van der Waals surface area contributed by atoms with E-state index in [1.165, 1.54) is 6.07 Å². The van der Waals surface area contributed by atoms with Crippen LogP contribution < -0.4 is 22.8 Å². The van der Waals surface area contributed by atoms with Crippen LogP contribution in [0.25, 0.3) is 11.0 Å². The number of rotatable bonds is 1. The molecule has 0 aliphatic carbocycles. The van der Waals surface area contributed by atoms with Gasteiger partial charge in [0.05, 0.1) is 5.69 Å². The van der Waals surface area contributed by atoms with Crippen molar-refractivity contribution in [2.75, 3.05) is 0 Å². The molecule has 92 valence electrons. The number of aliphatic imine (C=N–C) groups is 2. The van der Waals surface area contributed by atoms with Gasteiger partial charge in [0.1, 0.15) is 5.58 Å². The van der Waals surface area contributed by atoms with Crippen molar-refractivity contribution in [2.24, 2.45) is 27.2 Å². The van der Waals surface area contributed by atoms with Crippen molar-refractivity contribution < 1.29 is 4.42 Å². The molecule has 0 saturated carbocycles. The molecule has 1 aromatic heterocycles. The zero-order chi connectivity index (χ0) is 13.1. The molecular weight excluding hydrogens is 234 g/mol. The molecule has 1 heterocycles. The van der Waals surface area contributed by atoms with Gasteiger partial charge in [0.2, 0.25) is 5.96 Å². The molecule has 0 unspecified atom stereocenters. The fraction of sp³-hybridized carbons (Fsp3) is 0. The number of nitrogens with zero attached hydrogens (tertiary/aromatic N) is 2. The topological polar surface area (TPSA) is 133 Å². The Morgan fingerprint density at radius 1 is 1.11 bits per heavy atom. The van der Waals surface area contributed by atoms with Gasteiger partial charge in [0.15, 0.2) is 5.96 Å². The van der Waals surface area contributed by atoms with Gasteiger partial charge in [0, 0.05) is 11.5 Å². The standard InChI is InChI=1S/C11H11N5O2/c12-10(13)16-11(14)15-7-2-3-8-6(5-7)1-4-9(17)18-8/h1-5H,(H6,12,13,14,15,16). The molecule has 0 bridgehead atoms. The van der Waals surface area contributed by atoms with E-state index in [-0.39, 0.29) is 11.9 Å². The van der Waals surface area contributed by atoms with Crippen LogP contribution in [0.3, 0.4) is 0 Å². The molecule has 6 N–H and O–H groups in total. The van der Waals surface area contributed by atoms with Gasteiger partial charge < -0.3 is 21.6 Å². The summed E-state index contributed by atoms with van der Waals surface area (Å²) >= 11 is 0. The molecule has 2 aromatic rings. The average molecular weight is 245 g/mol. The molecule has 0 aliphatic rings. The number of benzene rings is 1. The highest BCUT2D eigenvalue weighted by Gasteiger charge is 1.99. The maximum atomic E-state index is 11.0. The summed E-state index contributed by atoms with van der Waals surface area (Å²) in [4.78, 5) is 18.6. The van der Waals surface area contributed by atoms with Gasteiger partial charge in [-0.1, -0.05) is 0 Å². The van der Waals surface area contributed by atoms with Gasteiger partial charge >= 0.3 is 5.63 Å². The van der Waals surface area contributed by atoms with Crippen molar-refractivity contribution in [1.29, 1.82) is 0 Å². The van der Waals surface area contributed by atoms with Gasteiger partial charge in [-0.3, -0.25) is 0 Å². The molecule has 1 aromatic carbocycles. The van der Waals surface area contributed by atoms with E-state index < -0.39 is 5.63 Å². The van der Waals surface area contributed by atoms with Gasteiger partial charge in [-0.25, -0.2) is 9.79 Å². The summed E-state index contributed by atoms with van der Waals surface area (Å²) in [6, 6.07) is 7.93. The second kappa shape index (κ2) is 4.58. The fourth-order valence-electron chi connectivity index (χ4n) is 1.42. The lowest BCUT2D eigenvalue weighted by Crippen LogP contribution is -2.26. The molecule has 0 atom stereocenters. The van der Waals surface area contributed by atoms with E-state index in [9.17, 15) is 4.79 Å². The Balaban J connectivity index is 2.45. The minimum atomic E-state index is -0.404. The molecular formula is C11H11N5O2. The van der Waals surface area contributed by atoms with E-state index in [1.54, 1.807) is 24.3 Å². The van der Waals surface area contributed by atoms with E-state index in [4.69, 9.17) is 21.6 Å². The molecule has 0 amide bonds. The molecule has 0 spiro atoms. The van der Waals surface area contributed by atoms with Crippen LogP contribution in [0, 0.1) is 0 Å². The summed E-state index contributed by atoms with van der Waals surface area (Å²) in [6.07, 6.45) is 0. The Morgan fingerprint density at radius 3 is 2.61 bits per heavy atom. The van der Waals surface area contributed by atoms with Crippen molar-refractivity contribution in [3.05, 3.63) is 40.8 Å². The third-order valence-corrected chi connectivity index (χ3v) is 2.09. The van der Waals surface area contributed by atoms with Crippen LogP contribution in [0.1, 0.15) is 0 Å². The summed E-state index contributed by atoms with van der Waals surface area (Å²) in [5.74, 6) is -0.213. The predicted octanol–water partition coefficient (Wildman–Crippen LogP) is 0.0126. The highest BCUT2D eigenvalue weighted by molar-refractivity contribution is 5.94.